The van der Waals surface area contributed by atoms with Crippen LogP contribution < -0.4 is 10.6 Å². The van der Waals surface area contributed by atoms with E-state index in [1.807, 2.05) is 0 Å². The standard InChI is InChI=1S/C26H25Cl3N2O2S/c1-26(2,3)14-4-10-19-21(12-14)34-25(31-23(32)18-11-7-16(28)13-20(18)29)22(19)24(33)30-17-8-5-15(27)6-9-17/h5-9,11,13-14H,4,10,12H2,1-3H3,(H,30,33)(H,31,32)/t14-/m1/s1. The summed E-state index contributed by atoms with van der Waals surface area (Å²) in [6.45, 7) is 6.74. The number of thiophene rings is 1. The summed E-state index contributed by atoms with van der Waals surface area (Å²) in [7, 11) is 0. The highest BCUT2D eigenvalue weighted by molar-refractivity contribution is 7.17. The summed E-state index contributed by atoms with van der Waals surface area (Å²) < 4.78 is 0. The quantitative estimate of drug-likeness (QED) is 0.352. The van der Waals surface area contributed by atoms with Gasteiger partial charge in [0.2, 0.25) is 0 Å². The highest BCUT2D eigenvalue weighted by Gasteiger charge is 2.34. The van der Waals surface area contributed by atoms with Crippen molar-refractivity contribution >= 4 is 68.6 Å². The van der Waals surface area contributed by atoms with Crippen molar-refractivity contribution in [3.05, 3.63) is 79.1 Å². The monoisotopic (exact) mass is 534 g/mol. The molecule has 2 N–H and O–H groups in total. The minimum Gasteiger partial charge on any atom is -0.322 e. The second kappa shape index (κ2) is 9.90. The third-order valence-electron chi connectivity index (χ3n) is 6.22. The number of anilines is 2. The largest absolute Gasteiger partial charge is 0.322 e. The Morgan fingerprint density at radius 3 is 2.26 bits per heavy atom. The molecule has 0 unspecified atom stereocenters. The Kier molecular flexibility index (Phi) is 7.30. The summed E-state index contributed by atoms with van der Waals surface area (Å²) in [5.41, 5.74) is 2.62. The molecular formula is C26H25Cl3N2O2S. The third-order valence-corrected chi connectivity index (χ3v) is 8.19. The highest BCUT2D eigenvalue weighted by Crippen LogP contribution is 2.44. The number of halogens is 3. The number of amides is 2. The molecule has 4 nitrogen and oxygen atoms in total. The van der Waals surface area contributed by atoms with E-state index in [1.54, 1.807) is 36.4 Å². The summed E-state index contributed by atoms with van der Waals surface area (Å²) in [5.74, 6) is -0.139. The predicted octanol–water partition coefficient (Wildman–Crippen LogP) is 8.36. The lowest BCUT2D eigenvalue weighted by molar-refractivity contribution is 0.102. The highest BCUT2D eigenvalue weighted by atomic mass is 35.5. The van der Waals surface area contributed by atoms with Crippen LogP contribution in [0.2, 0.25) is 15.1 Å². The molecule has 0 saturated carbocycles. The van der Waals surface area contributed by atoms with Gasteiger partial charge in [-0.25, -0.2) is 0 Å². The van der Waals surface area contributed by atoms with E-state index in [1.165, 1.54) is 17.4 Å². The first-order valence-corrected chi connectivity index (χ1v) is 13.0. The van der Waals surface area contributed by atoms with Gasteiger partial charge in [0.25, 0.3) is 11.8 Å². The van der Waals surface area contributed by atoms with Gasteiger partial charge in [-0.1, -0.05) is 55.6 Å². The van der Waals surface area contributed by atoms with E-state index in [0.717, 1.165) is 29.7 Å². The van der Waals surface area contributed by atoms with Crippen LogP contribution in [-0.2, 0) is 12.8 Å². The number of carbonyl (C=O) groups excluding carboxylic acids is 2. The fraction of sp³-hybridized carbons (Fsp3) is 0.308. The van der Waals surface area contributed by atoms with E-state index in [2.05, 4.69) is 31.4 Å². The van der Waals surface area contributed by atoms with Crippen molar-refractivity contribution in [1.29, 1.82) is 0 Å². The molecule has 0 saturated heterocycles. The number of nitrogens with one attached hydrogen (secondary N) is 2. The summed E-state index contributed by atoms with van der Waals surface area (Å²) in [4.78, 5) is 27.6. The van der Waals surface area contributed by atoms with Crippen LogP contribution in [0.25, 0.3) is 0 Å². The molecule has 34 heavy (non-hydrogen) atoms. The van der Waals surface area contributed by atoms with Crippen molar-refractivity contribution in [1.82, 2.24) is 0 Å². The van der Waals surface area contributed by atoms with Crippen LogP contribution in [0.4, 0.5) is 10.7 Å². The van der Waals surface area contributed by atoms with Crippen molar-refractivity contribution in [2.24, 2.45) is 11.3 Å². The van der Waals surface area contributed by atoms with E-state index < -0.39 is 0 Å². The van der Waals surface area contributed by atoms with E-state index in [0.29, 0.717) is 37.8 Å². The molecule has 8 heteroatoms. The zero-order chi connectivity index (χ0) is 24.6. The second-order valence-corrected chi connectivity index (χ2v) is 11.9. The topological polar surface area (TPSA) is 58.2 Å². The molecule has 0 spiro atoms. The summed E-state index contributed by atoms with van der Waals surface area (Å²) in [6, 6.07) is 11.7. The van der Waals surface area contributed by atoms with Crippen LogP contribution in [0.5, 0.6) is 0 Å². The van der Waals surface area contributed by atoms with E-state index in [4.69, 9.17) is 34.8 Å². The van der Waals surface area contributed by atoms with Crippen molar-refractivity contribution in [2.75, 3.05) is 10.6 Å². The maximum atomic E-state index is 13.4. The van der Waals surface area contributed by atoms with E-state index >= 15 is 0 Å². The number of hydrogen-bond acceptors (Lipinski definition) is 3. The first-order chi connectivity index (χ1) is 16.0. The summed E-state index contributed by atoms with van der Waals surface area (Å²) >= 11 is 19.7. The van der Waals surface area contributed by atoms with Crippen LogP contribution in [0.1, 0.15) is 58.3 Å². The fourth-order valence-electron chi connectivity index (χ4n) is 4.22. The van der Waals surface area contributed by atoms with Gasteiger partial charge in [-0.3, -0.25) is 9.59 Å². The van der Waals surface area contributed by atoms with Crippen molar-refractivity contribution in [3.63, 3.8) is 0 Å². The molecule has 178 valence electrons. The molecule has 2 aromatic carbocycles. The van der Waals surface area contributed by atoms with Gasteiger partial charge in [0.05, 0.1) is 16.1 Å². The van der Waals surface area contributed by atoms with Crippen LogP contribution in [0.15, 0.2) is 42.5 Å². The summed E-state index contributed by atoms with van der Waals surface area (Å²) in [6.07, 6.45) is 2.65. The van der Waals surface area contributed by atoms with Crippen LogP contribution in [-0.4, -0.2) is 11.8 Å². The molecule has 2 amide bonds. The molecular weight excluding hydrogens is 511 g/mol. The molecule has 1 aromatic heterocycles. The Bertz CT molecular complexity index is 1250. The lowest BCUT2D eigenvalue weighted by Crippen LogP contribution is -2.27. The molecule has 1 aliphatic carbocycles. The molecule has 1 atom stereocenters. The van der Waals surface area contributed by atoms with E-state index in [-0.39, 0.29) is 22.3 Å². The number of hydrogen-bond donors (Lipinski definition) is 2. The molecule has 0 fully saturated rings. The van der Waals surface area contributed by atoms with Gasteiger partial charge >= 0.3 is 0 Å². The Balaban J connectivity index is 1.69. The van der Waals surface area contributed by atoms with Crippen molar-refractivity contribution in [3.8, 4) is 0 Å². The zero-order valence-electron chi connectivity index (χ0n) is 19.1. The molecule has 3 aromatic rings. The minimum atomic E-state index is -0.381. The third kappa shape index (κ3) is 5.44. The SMILES string of the molecule is CC(C)(C)[C@@H]1CCc2c(sc(NC(=O)c3ccc(Cl)cc3Cl)c2C(=O)Nc2ccc(Cl)cc2)C1. The summed E-state index contributed by atoms with van der Waals surface area (Å²) in [5, 5.41) is 7.72. The first-order valence-electron chi connectivity index (χ1n) is 11.0. The Hall–Kier alpha value is -2.05. The average Bonchev–Trinajstić information content (AvgIpc) is 3.11. The molecule has 4 rings (SSSR count). The minimum absolute atomic E-state index is 0.160. The van der Waals surface area contributed by atoms with Crippen LogP contribution in [0, 0.1) is 11.3 Å². The lowest BCUT2D eigenvalue weighted by atomic mass is 9.72. The number of benzene rings is 2. The number of carbonyl (C=O) groups is 2. The average molecular weight is 536 g/mol. The molecule has 1 aliphatic rings. The van der Waals surface area contributed by atoms with Gasteiger partial charge in [0.15, 0.2) is 0 Å². The first kappa shape index (κ1) is 25.1. The molecule has 0 aliphatic heterocycles. The number of fused-ring (bicyclic) bond motifs is 1. The maximum absolute atomic E-state index is 13.4. The lowest BCUT2D eigenvalue weighted by Gasteiger charge is -2.33. The predicted molar refractivity (Wildman–Crippen MR) is 143 cm³/mol. The fourth-order valence-corrected chi connectivity index (χ4v) is 6.16. The van der Waals surface area contributed by atoms with Gasteiger partial charge in [-0.15, -0.1) is 11.3 Å². The van der Waals surface area contributed by atoms with Gasteiger partial charge in [0, 0.05) is 20.6 Å². The second-order valence-electron chi connectivity index (χ2n) is 9.55. The molecule has 1 heterocycles. The Morgan fingerprint density at radius 1 is 0.941 bits per heavy atom. The Labute approximate surface area is 218 Å². The smallest absolute Gasteiger partial charge is 0.258 e. The van der Waals surface area contributed by atoms with E-state index in [9.17, 15) is 9.59 Å². The number of rotatable bonds is 4. The van der Waals surface area contributed by atoms with Gasteiger partial charge in [-0.2, -0.15) is 0 Å². The maximum Gasteiger partial charge on any atom is 0.258 e. The van der Waals surface area contributed by atoms with Crippen LogP contribution in [0.3, 0.4) is 0 Å². The zero-order valence-corrected chi connectivity index (χ0v) is 22.2. The molecule has 0 bridgehead atoms. The molecule has 0 radical (unpaired) electrons. The van der Waals surface area contributed by atoms with Gasteiger partial charge in [0.1, 0.15) is 5.00 Å². The van der Waals surface area contributed by atoms with Crippen molar-refractivity contribution in [2.45, 2.75) is 40.0 Å². The normalized spacial score (nSPS) is 15.5. The van der Waals surface area contributed by atoms with Gasteiger partial charge in [-0.05, 0) is 78.6 Å². The van der Waals surface area contributed by atoms with Gasteiger partial charge < -0.3 is 10.6 Å². The Morgan fingerprint density at radius 2 is 1.62 bits per heavy atom. The van der Waals surface area contributed by atoms with Crippen molar-refractivity contribution < 1.29 is 9.59 Å². The van der Waals surface area contributed by atoms with Crippen LogP contribution >= 0.6 is 46.1 Å².